The molecule has 0 aliphatic rings. The van der Waals surface area contributed by atoms with Crippen molar-refractivity contribution in [2.75, 3.05) is 0 Å². The van der Waals surface area contributed by atoms with E-state index < -0.39 is 5.97 Å². The van der Waals surface area contributed by atoms with Gasteiger partial charge in [-0.1, -0.05) is 41.9 Å². The molecule has 0 spiro atoms. The van der Waals surface area contributed by atoms with Crippen molar-refractivity contribution >= 4 is 28.6 Å². The molecule has 2 heterocycles. The number of rotatable bonds is 2. The van der Waals surface area contributed by atoms with Gasteiger partial charge >= 0.3 is 5.97 Å². The maximum atomic E-state index is 11.2. The first-order valence-corrected chi connectivity index (χ1v) is 6.27. The van der Waals surface area contributed by atoms with Crippen LogP contribution in [0.2, 0.25) is 5.02 Å². The number of carbonyl (C=O) groups is 1. The summed E-state index contributed by atoms with van der Waals surface area (Å²) in [4.78, 5) is 15.3. The van der Waals surface area contributed by atoms with E-state index in [0.717, 1.165) is 5.56 Å². The van der Waals surface area contributed by atoms with Gasteiger partial charge in [-0.25, -0.2) is 14.5 Å². The average molecular weight is 288 g/mol. The normalized spacial score (nSPS) is 10.9. The average Bonchev–Trinajstić information content (AvgIpc) is 2.78. The lowest BCUT2D eigenvalue weighted by atomic mass is 10.1. The van der Waals surface area contributed by atoms with Crippen LogP contribution in [0.25, 0.3) is 22.3 Å². The number of hydrogen-bond acceptors (Lipinski definition) is 3. The molecule has 0 unspecified atom stereocenters. The van der Waals surface area contributed by atoms with Gasteiger partial charge in [-0.3, -0.25) is 0 Å². The minimum Gasteiger partial charge on any atom is -0.478 e. The minimum atomic E-state index is -1.10. The van der Waals surface area contributed by atoms with E-state index in [1.54, 1.807) is 11.7 Å². The first kappa shape index (κ1) is 12.6. The Morgan fingerprint density at radius 3 is 2.65 bits per heavy atom. The summed E-state index contributed by atoms with van der Waals surface area (Å²) in [7, 11) is 1.75. The molecule has 3 aromatic rings. The van der Waals surface area contributed by atoms with Crippen molar-refractivity contribution in [3.8, 4) is 11.3 Å². The Morgan fingerprint density at radius 2 is 2.00 bits per heavy atom. The number of benzene rings is 1. The van der Waals surface area contributed by atoms with Crippen LogP contribution in [0, 0.1) is 0 Å². The van der Waals surface area contributed by atoms with Crippen LogP contribution in [0.15, 0.2) is 36.5 Å². The number of aromatic nitrogens is 3. The van der Waals surface area contributed by atoms with Crippen molar-refractivity contribution in [1.29, 1.82) is 0 Å². The van der Waals surface area contributed by atoms with E-state index >= 15 is 0 Å². The Morgan fingerprint density at radius 1 is 1.30 bits per heavy atom. The Balaban J connectivity index is 2.39. The topological polar surface area (TPSA) is 68.0 Å². The molecule has 2 aromatic heterocycles. The van der Waals surface area contributed by atoms with Crippen molar-refractivity contribution in [3.05, 3.63) is 47.1 Å². The summed E-state index contributed by atoms with van der Waals surface area (Å²) in [6, 6.07) is 9.46. The largest absolute Gasteiger partial charge is 0.478 e. The van der Waals surface area contributed by atoms with E-state index in [1.165, 1.54) is 6.20 Å². The lowest BCUT2D eigenvalue weighted by molar-refractivity contribution is 0.0697. The molecule has 0 aliphatic heterocycles. The van der Waals surface area contributed by atoms with Crippen molar-refractivity contribution < 1.29 is 9.90 Å². The molecule has 0 saturated carbocycles. The molecule has 1 aromatic carbocycles. The molecule has 3 rings (SSSR count). The summed E-state index contributed by atoms with van der Waals surface area (Å²) in [5, 5.41) is 14.3. The fourth-order valence-electron chi connectivity index (χ4n) is 2.13. The number of carboxylic acids is 1. The van der Waals surface area contributed by atoms with Crippen LogP contribution < -0.4 is 0 Å². The standard InChI is InChI=1S/C14H10ClN3O2/c1-18-13-10(11(15)9(7-16-13)14(19)20)12(17-18)8-5-3-2-4-6-8/h2-7H,1H3,(H,19,20). The molecule has 5 nitrogen and oxygen atoms in total. The molecule has 100 valence electrons. The molecule has 1 N–H and O–H groups in total. The highest BCUT2D eigenvalue weighted by Crippen LogP contribution is 2.33. The summed E-state index contributed by atoms with van der Waals surface area (Å²) < 4.78 is 1.59. The van der Waals surface area contributed by atoms with Crippen molar-refractivity contribution in [1.82, 2.24) is 14.8 Å². The van der Waals surface area contributed by atoms with Gasteiger partial charge in [0.2, 0.25) is 0 Å². The zero-order valence-electron chi connectivity index (χ0n) is 10.5. The van der Waals surface area contributed by atoms with Gasteiger partial charge in [-0.2, -0.15) is 5.10 Å². The Labute approximate surface area is 119 Å². The van der Waals surface area contributed by atoms with Crippen LogP contribution in [-0.4, -0.2) is 25.8 Å². The lowest BCUT2D eigenvalue weighted by Gasteiger charge is -2.02. The van der Waals surface area contributed by atoms with Gasteiger partial charge in [0, 0.05) is 18.8 Å². The molecule has 0 amide bonds. The zero-order chi connectivity index (χ0) is 14.3. The monoisotopic (exact) mass is 287 g/mol. The van der Waals surface area contributed by atoms with Crippen molar-refractivity contribution in [2.45, 2.75) is 0 Å². The molecule has 0 fully saturated rings. The quantitative estimate of drug-likeness (QED) is 0.787. The first-order valence-electron chi connectivity index (χ1n) is 5.89. The predicted octanol–water partition coefficient (Wildman–Crippen LogP) is 2.99. The summed E-state index contributed by atoms with van der Waals surface area (Å²) in [5.41, 5.74) is 2.02. The number of aryl methyl sites for hydroxylation is 1. The minimum absolute atomic E-state index is 0.0238. The molecule has 0 aliphatic carbocycles. The third-order valence-electron chi connectivity index (χ3n) is 3.07. The van der Waals surface area contributed by atoms with E-state index in [4.69, 9.17) is 16.7 Å². The van der Waals surface area contributed by atoms with Gasteiger partial charge < -0.3 is 5.11 Å². The molecule has 0 atom stereocenters. The number of fused-ring (bicyclic) bond motifs is 1. The summed E-state index contributed by atoms with van der Waals surface area (Å²) in [6.45, 7) is 0. The van der Waals surface area contributed by atoms with Gasteiger partial charge in [0.15, 0.2) is 5.65 Å². The smallest absolute Gasteiger partial charge is 0.338 e. The van der Waals surface area contributed by atoms with Gasteiger partial charge in [-0.15, -0.1) is 0 Å². The number of nitrogens with zero attached hydrogens (tertiary/aromatic N) is 3. The SMILES string of the molecule is Cn1nc(-c2ccccc2)c2c(Cl)c(C(=O)O)cnc21. The third-order valence-corrected chi connectivity index (χ3v) is 3.46. The highest BCUT2D eigenvalue weighted by molar-refractivity contribution is 6.39. The molecule has 6 heteroatoms. The van der Waals surface area contributed by atoms with Crippen LogP contribution >= 0.6 is 11.6 Å². The van der Waals surface area contributed by atoms with Crippen molar-refractivity contribution in [2.24, 2.45) is 7.05 Å². The molecule has 20 heavy (non-hydrogen) atoms. The van der Waals surface area contributed by atoms with E-state index in [2.05, 4.69) is 10.1 Å². The summed E-state index contributed by atoms with van der Waals surface area (Å²) >= 11 is 6.23. The Hall–Kier alpha value is -2.40. The Bertz CT molecular complexity index is 812. The van der Waals surface area contributed by atoms with Crippen LogP contribution in [0.5, 0.6) is 0 Å². The number of carboxylic acid groups (broad SMARTS) is 1. The van der Waals surface area contributed by atoms with Gasteiger partial charge in [-0.05, 0) is 0 Å². The van der Waals surface area contributed by atoms with E-state index in [9.17, 15) is 4.79 Å². The van der Waals surface area contributed by atoms with Gasteiger partial charge in [0.1, 0.15) is 5.69 Å². The number of aromatic carboxylic acids is 1. The predicted molar refractivity (Wildman–Crippen MR) is 75.9 cm³/mol. The fraction of sp³-hybridized carbons (Fsp3) is 0.0714. The fourth-order valence-corrected chi connectivity index (χ4v) is 2.43. The summed E-state index contributed by atoms with van der Waals surface area (Å²) in [6.07, 6.45) is 1.25. The highest BCUT2D eigenvalue weighted by Gasteiger charge is 2.20. The van der Waals surface area contributed by atoms with Crippen LogP contribution in [0.3, 0.4) is 0 Å². The summed E-state index contributed by atoms with van der Waals surface area (Å²) in [5.74, 6) is -1.10. The second-order valence-corrected chi connectivity index (χ2v) is 4.71. The van der Waals surface area contributed by atoms with Gasteiger partial charge in [0.05, 0.1) is 16.0 Å². The Kier molecular flexibility index (Phi) is 2.91. The number of hydrogen-bond donors (Lipinski definition) is 1. The van der Waals surface area contributed by atoms with Gasteiger partial charge in [0.25, 0.3) is 0 Å². The third kappa shape index (κ3) is 1.83. The van der Waals surface area contributed by atoms with E-state index in [-0.39, 0.29) is 10.6 Å². The zero-order valence-corrected chi connectivity index (χ0v) is 11.3. The van der Waals surface area contributed by atoms with E-state index in [0.29, 0.717) is 16.7 Å². The van der Waals surface area contributed by atoms with Crippen LogP contribution in [0.1, 0.15) is 10.4 Å². The van der Waals surface area contributed by atoms with Crippen molar-refractivity contribution in [3.63, 3.8) is 0 Å². The van der Waals surface area contributed by atoms with E-state index in [1.807, 2.05) is 30.3 Å². The second-order valence-electron chi connectivity index (χ2n) is 4.33. The maximum Gasteiger partial charge on any atom is 0.338 e. The highest BCUT2D eigenvalue weighted by atomic mass is 35.5. The molecular formula is C14H10ClN3O2. The number of halogens is 1. The van der Waals surface area contributed by atoms with Crippen LogP contribution in [0.4, 0.5) is 0 Å². The van der Waals surface area contributed by atoms with Crippen LogP contribution in [-0.2, 0) is 7.05 Å². The molecule has 0 saturated heterocycles. The maximum absolute atomic E-state index is 11.2. The number of pyridine rings is 1. The molecule has 0 radical (unpaired) electrons. The lowest BCUT2D eigenvalue weighted by Crippen LogP contribution is -2.00. The molecular weight excluding hydrogens is 278 g/mol. The first-order chi connectivity index (χ1) is 9.59. The molecule has 0 bridgehead atoms. The second kappa shape index (κ2) is 4.61.